The molecule has 0 aliphatic heterocycles. The van der Waals surface area contributed by atoms with Crippen LogP contribution in [-0.4, -0.2) is 28.9 Å². The summed E-state index contributed by atoms with van der Waals surface area (Å²) in [4.78, 5) is 27.8. The number of carbonyl (C=O) groups excluding carboxylic acids is 1. The smallest absolute Gasteiger partial charge is 0.324 e. The lowest BCUT2D eigenvalue weighted by molar-refractivity contribution is -0.384. The van der Waals surface area contributed by atoms with Gasteiger partial charge in [0.05, 0.1) is 4.92 Å². The van der Waals surface area contributed by atoms with Crippen molar-refractivity contribution in [2.45, 2.75) is 39.5 Å². The first-order valence-electron chi connectivity index (χ1n) is 8.79. The number of amides is 1. The van der Waals surface area contributed by atoms with Gasteiger partial charge < -0.3 is 10.6 Å². The molecule has 2 rings (SSSR count). The van der Waals surface area contributed by atoms with Crippen LogP contribution in [0, 0.1) is 15.9 Å². The molecule has 0 spiro atoms. The van der Waals surface area contributed by atoms with Crippen molar-refractivity contribution in [1.82, 2.24) is 10.3 Å². The predicted molar refractivity (Wildman–Crippen MR) is 99.0 cm³/mol. The van der Waals surface area contributed by atoms with Gasteiger partial charge in [0, 0.05) is 18.5 Å². The third-order valence-corrected chi connectivity index (χ3v) is 3.99. The van der Waals surface area contributed by atoms with Crippen molar-refractivity contribution in [1.29, 1.82) is 0 Å². The standard InChI is InChI=1S/C18H23FN4O3/c1-3-5-10-20-17-16(23(25)26)14(18(24)21-11-6-4-2)12-8-7-9-13(19)15(12)22-17/h7-9H,3-6,10-11H2,1-2H3,(H,20,22)(H,21,24). The Kier molecular flexibility index (Phi) is 6.82. The molecular weight excluding hydrogens is 339 g/mol. The first-order valence-corrected chi connectivity index (χ1v) is 8.79. The Morgan fingerprint density at radius 3 is 2.58 bits per heavy atom. The first-order chi connectivity index (χ1) is 12.5. The van der Waals surface area contributed by atoms with Crippen LogP contribution in [0.2, 0.25) is 0 Å². The van der Waals surface area contributed by atoms with Crippen molar-refractivity contribution in [3.8, 4) is 0 Å². The number of fused-ring (bicyclic) bond motifs is 1. The molecule has 1 amide bonds. The molecule has 8 heteroatoms. The van der Waals surface area contributed by atoms with Gasteiger partial charge in [0.25, 0.3) is 5.91 Å². The van der Waals surface area contributed by atoms with E-state index in [2.05, 4.69) is 15.6 Å². The van der Waals surface area contributed by atoms with Crippen molar-refractivity contribution in [2.75, 3.05) is 18.4 Å². The van der Waals surface area contributed by atoms with Crippen LogP contribution in [-0.2, 0) is 0 Å². The molecule has 26 heavy (non-hydrogen) atoms. The van der Waals surface area contributed by atoms with E-state index in [1.807, 2.05) is 13.8 Å². The van der Waals surface area contributed by atoms with Crippen LogP contribution in [0.4, 0.5) is 15.9 Å². The van der Waals surface area contributed by atoms with Crippen molar-refractivity contribution in [2.24, 2.45) is 0 Å². The maximum atomic E-state index is 14.2. The van der Waals surface area contributed by atoms with Gasteiger partial charge in [0.15, 0.2) is 0 Å². The monoisotopic (exact) mass is 362 g/mol. The molecule has 0 fully saturated rings. The fraction of sp³-hybridized carbons (Fsp3) is 0.444. The van der Waals surface area contributed by atoms with Crippen molar-refractivity contribution < 1.29 is 14.1 Å². The molecule has 140 valence electrons. The van der Waals surface area contributed by atoms with Gasteiger partial charge >= 0.3 is 5.69 Å². The summed E-state index contributed by atoms with van der Waals surface area (Å²) in [5.41, 5.74) is -0.638. The van der Waals surface area contributed by atoms with Gasteiger partial charge in [-0.15, -0.1) is 0 Å². The molecule has 0 radical (unpaired) electrons. The van der Waals surface area contributed by atoms with Crippen LogP contribution in [0.1, 0.15) is 49.9 Å². The summed E-state index contributed by atoms with van der Waals surface area (Å²) in [5.74, 6) is -1.30. The molecule has 7 nitrogen and oxygen atoms in total. The molecule has 0 atom stereocenters. The number of hydrogen-bond donors (Lipinski definition) is 2. The lowest BCUT2D eigenvalue weighted by atomic mass is 10.1. The lowest BCUT2D eigenvalue weighted by Gasteiger charge is -2.13. The maximum absolute atomic E-state index is 14.2. The van der Waals surface area contributed by atoms with Crippen LogP contribution in [0.3, 0.4) is 0 Å². The molecule has 1 heterocycles. The SMILES string of the molecule is CCCCNC(=O)c1c([N+](=O)[O-])c(NCCCC)nc2c(F)cccc12. The summed E-state index contributed by atoms with van der Waals surface area (Å²) in [6.45, 7) is 4.79. The Bertz CT molecular complexity index is 811. The number of para-hydroxylation sites is 1. The normalized spacial score (nSPS) is 10.7. The molecule has 0 unspecified atom stereocenters. The topological polar surface area (TPSA) is 97.2 Å². The van der Waals surface area contributed by atoms with E-state index in [0.717, 1.165) is 25.7 Å². The number of nitro groups is 1. The third-order valence-electron chi connectivity index (χ3n) is 3.99. The Morgan fingerprint density at radius 1 is 1.23 bits per heavy atom. The first kappa shape index (κ1) is 19.6. The fourth-order valence-electron chi connectivity index (χ4n) is 2.62. The van der Waals surface area contributed by atoms with Crippen LogP contribution in [0.15, 0.2) is 18.2 Å². The average molecular weight is 362 g/mol. The van der Waals surface area contributed by atoms with Gasteiger partial charge in [0.1, 0.15) is 16.9 Å². The zero-order valence-electron chi connectivity index (χ0n) is 15.0. The number of benzene rings is 1. The number of nitrogens with one attached hydrogen (secondary N) is 2. The highest BCUT2D eigenvalue weighted by Gasteiger charge is 2.30. The number of anilines is 1. The Hall–Kier alpha value is -2.77. The van der Waals surface area contributed by atoms with Gasteiger partial charge in [-0.2, -0.15) is 0 Å². The minimum absolute atomic E-state index is 0.0576. The molecule has 0 saturated heterocycles. The van der Waals surface area contributed by atoms with Gasteiger partial charge in [-0.3, -0.25) is 14.9 Å². The number of halogens is 1. The second-order valence-corrected chi connectivity index (χ2v) is 5.97. The number of rotatable bonds is 9. The Balaban J connectivity index is 2.63. The van der Waals surface area contributed by atoms with Gasteiger partial charge in [0.2, 0.25) is 5.82 Å². The van der Waals surface area contributed by atoms with E-state index >= 15 is 0 Å². The third kappa shape index (κ3) is 4.25. The van der Waals surface area contributed by atoms with Crippen molar-refractivity contribution >= 4 is 28.3 Å². The fourth-order valence-corrected chi connectivity index (χ4v) is 2.62. The molecule has 0 aliphatic carbocycles. The summed E-state index contributed by atoms with van der Waals surface area (Å²) in [6, 6.07) is 4.11. The van der Waals surface area contributed by atoms with E-state index in [0.29, 0.717) is 13.1 Å². The van der Waals surface area contributed by atoms with Crippen molar-refractivity contribution in [3.05, 3.63) is 39.7 Å². The molecule has 0 saturated carbocycles. The van der Waals surface area contributed by atoms with Gasteiger partial charge in [-0.25, -0.2) is 9.37 Å². The minimum atomic E-state index is -0.639. The van der Waals surface area contributed by atoms with E-state index in [1.165, 1.54) is 18.2 Å². The maximum Gasteiger partial charge on any atom is 0.324 e. The van der Waals surface area contributed by atoms with Crippen LogP contribution in [0.5, 0.6) is 0 Å². The van der Waals surface area contributed by atoms with Crippen LogP contribution >= 0.6 is 0 Å². The average Bonchev–Trinajstić information content (AvgIpc) is 2.61. The zero-order valence-corrected chi connectivity index (χ0v) is 15.0. The summed E-state index contributed by atoms with van der Waals surface area (Å²) in [7, 11) is 0. The van der Waals surface area contributed by atoms with Crippen LogP contribution < -0.4 is 10.6 Å². The number of unbranched alkanes of at least 4 members (excludes halogenated alkanes) is 2. The highest BCUT2D eigenvalue weighted by molar-refractivity contribution is 6.11. The minimum Gasteiger partial charge on any atom is -0.364 e. The highest BCUT2D eigenvalue weighted by Crippen LogP contribution is 2.34. The predicted octanol–water partition coefficient (Wildman–Crippen LogP) is 4.02. The van der Waals surface area contributed by atoms with Crippen LogP contribution in [0.25, 0.3) is 10.9 Å². The second-order valence-electron chi connectivity index (χ2n) is 5.97. The molecule has 0 bridgehead atoms. The van der Waals surface area contributed by atoms with E-state index in [9.17, 15) is 19.3 Å². The summed E-state index contributed by atoms with van der Waals surface area (Å²) >= 11 is 0. The Morgan fingerprint density at radius 2 is 1.92 bits per heavy atom. The number of nitrogens with zero attached hydrogens (tertiary/aromatic N) is 2. The second kappa shape index (κ2) is 9.07. The lowest BCUT2D eigenvalue weighted by Crippen LogP contribution is -2.26. The Labute approximate surface area is 151 Å². The van der Waals surface area contributed by atoms with Gasteiger partial charge in [-0.05, 0) is 18.9 Å². The zero-order chi connectivity index (χ0) is 19.1. The largest absolute Gasteiger partial charge is 0.364 e. The molecular formula is C18H23FN4O3. The van der Waals surface area contributed by atoms with Crippen molar-refractivity contribution in [3.63, 3.8) is 0 Å². The van der Waals surface area contributed by atoms with E-state index < -0.39 is 22.3 Å². The summed E-state index contributed by atoms with van der Waals surface area (Å²) in [6.07, 6.45) is 3.27. The number of pyridine rings is 1. The molecule has 0 aliphatic rings. The number of hydrogen-bond acceptors (Lipinski definition) is 5. The summed E-state index contributed by atoms with van der Waals surface area (Å²) in [5, 5.41) is 17.4. The number of aromatic nitrogens is 1. The highest BCUT2D eigenvalue weighted by atomic mass is 19.1. The van der Waals surface area contributed by atoms with E-state index in [4.69, 9.17) is 0 Å². The quantitative estimate of drug-likeness (QED) is 0.399. The summed E-state index contributed by atoms with van der Waals surface area (Å²) < 4.78 is 14.2. The van der Waals surface area contributed by atoms with E-state index in [-0.39, 0.29) is 22.3 Å². The molecule has 2 aromatic rings. The van der Waals surface area contributed by atoms with Gasteiger partial charge in [-0.1, -0.05) is 38.8 Å². The van der Waals surface area contributed by atoms with E-state index in [1.54, 1.807) is 0 Å². The number of carbonyl (C=O) groups is 1. The molecule has 2 N–H and O–H groups in total. The molecule has 1 aromatic carbocycles. The molecule has 1 aromatic heterocycles.